The van der Waals surface area contributed by atoms with E-state index in [9.17, 15) is 9.59 Å². The lowest BCUT2D eigenvalue weighted by molar-refractivity contribution is 0.188. The van der Waals surface area contributed by atoms with Crippen molar-refractivity contribution in [3.8, 4) is 22.9 Å². The summed E-state index contributed by atoms with van der Waals surface area (Å²) >= 11 is 0. The molecule has 0 aliphatic carbocycles. The molecule has 0 saturated heterocycles. The van der Waals surface area contributed by atoms with E-state index < -0.39 is 11.2 Å². The van der Waals surface area contributed by atoms with E-state index in [0.29, 0.717) is 41.6 Å². The first-order valence-electron chi connectivity index (χ1n) is 11.2. The molecule has 176 valence electrons. The first-order valence-corrected chi connectivity index (χ1v) is 11.2. The molecule has 0 saturated carbocycles. The van der Waals surface area contributed by atoms with Gasteiger partial charge in [0.25, 0.3) is 5.56 Å². The van der Waals surface area contributed by atoms with Crippen LogP contribution in [0.2, 0.25) is 0 Å². The second-order valence-electron chi connectivity index (χ2n) is 8.03. The van der Waals surface area contributed by atoms with Gasteiger partial charge in [-0.15, -0.1) is 0 Å². The standard InChI is InChI=1S/C27H24N4O4/c1-34-16-15-30-23-25(31(27(33)29-26(23)32)18-19-9-4-2-5-10-19)28-24(30)20-11-8-14-22(17-20)35-21-12-6-3-7-13-21/h2-14,17H,15-16,18H2,1H3,(H,29,32,33). The highest BCUT2D eigenvalue weighted by molar-refractivity contribution is 5.77. The fourth-order valence-corrected chi connectivity index (χ4v) is 4.03. The Morgan fingerprint density at radius 2 is 1.57 bits per heavy atom. The van der Waals surface area contributed by atoms with Crippen molar-refractivity contribution in [2.75, 3.05) is 13.7 Å². The maximum atomic E-state index is 12.9. The molecule has 0 aliphatic heterocycles. The number of aromatic amines is 1. The van der Waals surface area contributed by atoms with E-state index in [2.05, 4.69) is 4.98 Å². The molecule has 8 nitrogen and oxygen atoms in total. The van der Waals surface area contributed by atoms with Crippen molar-refractivity contribution in [1.29, 1.82) is 0 Å². The molecule has 0 fully saturated rings. The average Bonchev–Trinajstić information content (AvgIpc) is 3.26. The van der Waals surface area contributed by atoms with Crippen molar-refractivity contribution < 1.29 is 9.47 Å². The van der Waals surface area contributed by atoms with Gasteiger partial charge in [0, 0.05) is 19.2 Å². The molecule has 0 bridgehead atoms. The van der Waals surface area contributed by atoms with Crippen molar-refractivity contribution >= 4 is 11.2 Å². The fourth-order valence-electron chi connectivity index (χ4n) is 4.03. The van der Waals surface area contributed by atoms with Crippen molar-refractivity contribution in [3.05, 3.63) is 111 Å². The number of ether oxygens (including phenoxy) is 2. The molecule has 2 aromatic heterocycles. The van der Waals surface area contributed by atoms with Crippen molar-refractivity contribution in [3.63, 3.8) is 0 Å². The Bertz CT molecular complexity index is 1570. The summed E-state index contributed by atoms with van der Waals surface area (Å²) in [5, 5.41) is 0. The second kappa shape index (κ2) is 9.82. The van der Waals surface area contributed by atoms with E-state index in [4.69, 9.17) is 14.5 Å². The molecule has 0 aliphatic rings. The van der Waals surface area contributed by atoms with Crippen LogP contribution in [0.5, 0.6) is 11.5 Å². The van der Waals surface area contributed by atoms with Gasteiger partial charge in [0.05, 0.1) is 13.2 Å². The molecule has 0 radical (unpaired) electrons. The molecule has 8 heteroatoms. The number of methoxy groups -OCH3 is 1. The number of benzene rings is 3. The molecule has 3 aromatic carbocycles. The molecular formula is C27H24N4O4. The third kappa shape index (κ3) is 4.64. The second-order valence-corrected chi connectivity index (χ2v) is 8.03. The highest BCUT2D eigenvalue weighted by Crippen LogP contribution is 2.28. The molecule has 0 atom stereocenters. The minimum atomic E-state index is -0.504. The van der Waals surface area contributed by atoms with Crippen LogP contribution in [0.25, 0.3) is 22.6 Å². The normalized spacial score (nSPS) is 11.1. The lowest BCUT2D eigenvalue weighted by Crippen LogP contribution is -2.31. The Morgan fingerprint density at radius 1 is 0.857 bits per heavy atom. The summed E-state index contributed by atoms with van der Waals surface area (Å²) in [4.78, 5) is 33.0. The third-order valence-electron chi connectivity index (χ3n) is 5.66. The Hall–Kier alpha value is -4.43. The predicted octanol–water partition coefficient (Wildman–Crippen LogP) is 4.04. The number of fused-ring (bicyclic) bond motifs is 1. The molecule has 0 amide bonds. The number of rotatable bonds is 8. The van der Waals surface area contributed by atoms with Crippen LogP contribution in [0, 0.1) is 0 Å². The Labute approximate surface area is 201 Å². The number of H-pyrrole nitrogens is 1. The number of hydrogen-bond donors (Lipinski definition) is 1. The van der Waals surface area contributed by atoms with Crippen LogP contribution in [0.1, 0.15) is 5.56 Å². The number of para-hydroxylation sites is 1. The maximum absolute atomic E-state index is 12.9. The summed E-state index contributed by atoms with van der Waals surface area (Å²) < 4.78 is 14.6. The number of imidazole rings is 1. The van der Waals surface area contributed by atoms with Gasteiger partial charge in [-0.1, -0.05) is 60.7 Å². The largest absolute Gasteiger partial charge is 0.457 e. The van der Waals surface area contributed by atoms with Gasteiger partial charge in [0.1, 0.15) is 17.3 Å². The third-order valence-corrected chi connectivity index (χ3v) is 5.66. The van der Waals surface area contributed by atoms with Gasteiger partial charge in [0.2, 0.25) is 0 Å². The molecule has 5 aromatic rings. The fraction of sp³-hybridized carbons (Fsp3) is 0.148. The average molecular weight is 469 g/mol. The predicted molar refractivity (Wildman–Crippen MR) is 134 cm³/mol. The zero-order valence-corrected chi connectivity index (χ0v) is 19.2. The molecule has 0 unspecified atom stereocenters. The van der Waals surface area contributed by atoms with Crippen molar-refractivity contribution in [2.45, 2.75) is 13.1 Å². The SMILES string of the molecule is COCCn1c(-c2cccc(Oc3ccccc3)c2)nc2c1c(=O)[nH]c(=O)n2Cc1ccccc1. The van der Waals surface area contributed by atoms with Crippen molar-refractivity contribution in [1.82, 2.24) is 19.1 Å². The lowest BCUT2D eigenvalue weighted by Gasteiger charge is -2.10. The summed E-state index contributed by atoms with van der Waals surface area (Å²) in [5.41, 5.74) is 1.33. The summed E-state index contributed by atoms with van der Waals surface area (Å²) in [6.45, 7) is 1.04. The van der Waals surface area contributed by atoms with Crippen molar-refractivity contribution in [2.24, 2.45) is 0 Å². The Kier molecular flexibility index (Phi) is 6.28. The lowest BCUT2D eigenvalue weighted by atomic mass is 10.2. The minimum Gasteiger partial charge on any atom is -0.457 e. The van der Waals surface area contributed by atoms with E-state index in [1.165, 1.54) is 4.57 Å². The van der Waals surface area contributed by atoms with Gasteiger partial charge in [0.15, 0.2) is 11.2 Å². The minimum absolute atomic E-state index is 0.283. The van der Waals surface area contributed by atoms with Crippen LogP contribution >= 0.6 is 0 Å². The molecule has 0 spiro atoms. The zero-order valence-electron chi connectivity index (χ0n) is 19.2. The van der Waals surface area contributed by atoms with Crippen LogP contribution in [-0.4, -0.2) is 32.8 Å². The van der Waals surface area contributed by atoms with Crippen LogP contribution in [0.3, 0.4) is 0 Å². The molecular weight excluding hydrogens is 444 g/mol. The summed E-state index contributed by atoms with van der Waals surface area (Å²) in [6.07, 6.45) is 0. The number of hydrogen-bond acceptors (Lipinski definition) is 5. The zero-order chi connectivity index (χ0) is 24.2. The smallest absolute Gasteiger partial charge is 0.330 e. The summed E-state index contributed by atoms with van der Waals surface area (Å²) in [7, 11) is 1.60. The Morgan fingerprint density at radius 3 is 2.31 bits per heavy atom. The van der Waals surface area contributed by atoms with Gasteiger partial charge in [-0.3, -0.25) is 14.3 Å². The van der Waals surface area contributed by atoms with Crippen LogP contribution in [0.4, 0.5) is 0 Å². The van der Waals surface area contributed by atoms with Gasteiger partial charge < -0.3 is 14.0 Å². The topological polar surface area (TPSA) is 91.1 Å². The van der Waals surface area contributed by atoms with Crippen LogP contribution < -0.4 is 16.0 Å². The van der Waals surface area contributed by atoms with Gasteiger partial charge in [-0.25, -0.2) is 9.78 Å². The highest BCUT2D eigenvalue weighted by Gasteiger charge is 2.20. The number of aromatic nitrogens is 4. The number of nitrogens with zero attached hydrogens (tertiary/aromatic N) is 3. The number of nitrogens with one attached hydrogen (secondary N) is 1. The first-order chi connectivity index (χ1) is 17.1. The van der Waals surface area contributed by atoms with Gasteiger partial charge >= 0.3 is 5.69 Å². The van der Waals surface area contributed by atoms with E-state index in [1.807, 2.05) is 84.9 Å². The van der Waals surface area contributed by atoms with E-state index in [-0.39, 0.29) is 6.54 Å². The highest BCUT2D eigenvalue weighted by atomic mass is 16.5. The van der Waals surface area contributed by atoms with E-state index in [0.717, 1.165) is 11.1 Å². The van der Waals surface area contributed by atoms with E-state index >= 15 is 0 Å². The Balaban J connectivity index is 1.66. The summed E-state index contributed by atoms with van der Waals surface area (Å²) in [5.74, 6) is 1.90. The van der Waals surface area contributed by atoms with E-state index in [1.54, 1.807) is 11.7 Å². The van der Waals surface area contributed by atoms with Crippen LogP contribution in [0.15, 0.2) is 94.5 Å². The molecule has 5 rings (SSSR count). The van der Waals surface area contributed by atoms with Gasteiger partial charge in [-0.05, 0) is 29.8 Å². The molecule has 2 heterocycles. The van der Waals surface area contributed by atoms with Crippen LogP contribution in [-0.2, 0) is 17.8 Å². The molecule has 35 heavy (non-hydrogen) atoms. The monoisotopic (exact) mass is 468 g/mol. The summed E-state index contributed by atoms with van der Waals surface area (Å²) in [6, 6.07) is 26.6. The first kappa shape index (κ1) is 22.4. The maximum Gasteiger partial charge on any atom is 0.330 e. The van der Waals surface area contributed by atoms with Gasteiger partial charge in [-0.2, -0.15) is 0 Å². The quantitative estimate of drug-likeness (QED) is 0.371. The molecule has 1 N–H and O–H groups in total.